The normalized spacial score (nSPS) is 29.7. The molecule has 0 unspecified atom stereocenters. The molecule has 26 heavy (non-hydrogen) atoms. The number of hydrogen-bond donors (Lipinski definition) is 1. The first-order valence-electron chi connectivity index (χ1n) is 9.99. The summed E-state index contributed by atoms with van der Waals surface area (Å²) >= 11 is 0. The second-order valence-electron chi connectivity index (χ2n) is 8.20. The van der Waals surface area contributed by atoms with Gasteiger partial charge in [-0.1, -0.05) is 43.2 Å². The number of carbonyl (C=O) groups excluding carboxylic acids is 2. The number of nitrogens with zero attached hydrogens (tertiary/aromatic N) is 2. The summed E-state index contributed by atoms with van der Waals surface area (Å²) in [5, 5.41) is 0. The first-order chi connectivity index (χ1) is 12.6. The van der Waals surface area contributed by atoms with Gasteiger partial charge < -0.3 is 10.6 Å². The fourth-order valence-electron chi connectivity index (χ4n) is 5.26. The third-order valence-corrected chi connectivity index (χ3v) is 6.65. The molecule has 3 fully saturated rings. The van der Waals surface area contributed by atoms with E-state index in [0.717, 1.165) is 25.2 Å². The summed E-state index contributed by atoms with van der Waals surface area (Å²) in [7, 11) is 0. The minimum Gasteiger partial charge on any atom is -0.369 e. The molecule has 1 aliphatic carbocycles. The first kappa shape index (κ1) is 17.5. The Balaban J connectivity index is 1.51. The molecule has 2 N–H and O–H groups in total. The van der Waals surface area contributed by atoms with Crippen LogP contribution < -0.4 is 5.73 Å². The van der Waals surface area contributed by atoms with Crippen LogP contribution in [-0.4, -0.2) is 53.8 Å². The van der Waals surface area contributed by atoms with Crippen molar-refractivity contribution in [1.29, 1.82) is 0 Å². The molecule has 2 saturated heterocycles. The number of nitrogens with two attached hydrogens (primary N) is 1. The predicted molar refractivity (Wildman–Crippen MR) is 100 cm³/mol. The Kier molecular flexibility index (Phi) is 4.98. The third kappa shape index (κ3) is 3.37. The second kappa shape index (κ2) is 7.39. The lowest BCUT2D eigenvalue weighted by Gasteiger charge is -2.40. The highest BCUT2D eigenvalue weighted by atomic mass is 16.2. The van der Waals surface area contributed by atoms with E-state index in [9.17, 15) is 9.59 Å². The molecule has 4 rings (SSSR count). The van der Waals surface area contributed by atoms with Crippen LogP contribution in [0.25, 0.3) is 0 Å². The smallest absolute Gasteiger partial charge is 0.222 e. The highest BCUT2D eigenvalue weighted by molar-refractivity contribution is 5.79. The zero-order valence-corrected chi connectivity index (χ0v) is 15.3. The molecule has 1 aromatic rings. The number of primary amides is 1. The Morgan fingerprint density at radius 3 is 2.46 bits per heavy atom. The molecule has 2 aliphatic heterocycles. The average molecular weight is 355 g/mol. The Morgan fingerprint density at radius 1 is 1.04 bits per heavy atom. The third-order valence-electron chi connectivity index (χ3n) is 6.65. The van der Waals surface area contributed by atoms with Crippen LogP contribution in [0.5, 0.6) is 0 Å². The summed E-state index contributed by atoms with van der Waals surface area (Å²) in [6, 6.07) is 10.4. The summed E-state index contributed by atoms with van der Waals surface area (Å²) < 4.78 is 0. The van der Waals surface area contributed by atoms with E-state index in [4.69, 9.17) is 5.73 Å². The van der Waals surface area contributed by atoms with Gasteiger partial charge in [-0.05, 0) is 24.3 Å². The van der Waals surface area contributed by atoms with Gasteiger partial charge in [-0.3, -0.25) is 14.5 Å². The molecule has 5 nitrogen and oxygen atoms in total. The molecule has 3 atom stereocenters. The number of amides is 2. The van der Waals surface area contributed by atoms with Gasteiger partial charge in [0.2, 0.25) is 11.8 Å². The number of rotatable bonds is 4. The quantitative estimate of drug-likeness (QED) is 0.898. The number of carbonyl (C=O) groups is 2. The van der Waals surface area contributed by atoms with Crippen molar-refractivity contribution in [1.82, 2.24) is 9.80 Å². The zero-order valence-electron chi connectivity index (χ0n) is 15.3. The van der Waals surface area contributed by atoms with Gasteiger partial charge in [0.25, 0.3) is 0 Å². The van der Waals surface area contributed by atoms with Gasteiger partial charge in [0.15, 0.2) is 0 Å². The number of benzene rings is 1. The minimum atomic E-state index is -0.225. The van der Waals surface area contributed by atoms with Gasteiger partial charge in [-0.15, -0.1) is 0 Å². The van der Waals surface area contributed by atoms with Crippen molar-refractivity contribution < 1.29 is 9.59 Å². The molecule has 2 heterocycles. The first-order valence-corrected chi connectivity index (χ1v) is 9.99. The number of hydrogen-bond acceptors (Lipinski definition) is 3. The van der Waals surface area contributed by atoms with Crippen LogP contribution in [0.15, 0.2) is 30.3 Å². The highest BCUT2D eigenvalue weighted by Gasteiger charge is 2.47. The standard InChI is InChI=1S/C21H29N3O2/c22-21(26)17-13-23-10-11-24(19(25)12-15-6-4-5-7-15)14-18(23)20(17)16-8-2-1-3-9-16/h1-3,8-9,15,17-18,20H,4-7,10-14H2,(H2,22,26)/t17-,18-,20+/m1/s1. The molecule has 1 saturated carbocycles. The summed E-state index contributed by atoms with van der Waals surface area (Å²) in [4.78, 5) is 29.3. The Hall–Kier alpha value is -1.88. The summed E-state index contributed by atoms with van der Waals surface area (Å²) in [6.45, 7) is 3.04. The lowest BCUT2D eigenvalue weighted by Crippen LogP contribution is -2.53. The van der Waals surface area contributed by atoms with Gasteiger partial charge in [-0.2, -0.15) is 0 Å². The van der Waals surface area contributed by atoms with E-state index in [-0.39, 0.29) is 23.8 Å². The molecular formula is C21H29N3O2. The van der Waals surface area contributed by atoms with Crippen molar-refractivity contribution in [2.45, 2.75) is 44.1 Å². The van der Waals surface area contributed by atoms with Crippen LogP contribution in [0.1, 0.15) is 43.6 Å². The van der Waals surface area contributed by atoms with Gasteiger partial charge >= 0.3 is 0 Å². The van der Waals surface area contributed by atoms with E-state index >= 15 is 0 Å². The van der Waals surface area contributed by atoms with E-state index in [1.165, 1.54) is 25.7 Å². The maximum Gasteiger partial charge on any atom is 0.222 e. The number of fused-ring (bicyclic) bond motifs is 1. The van der Waals surface area contributed by atoms with Gasteiger partial charge in [0.1, 0.15) is 0 Å². The van der Waals surface area contributed by atoms with Crippen molar-refractivity contribution in [2.24, 2.45) is 17.6 Å². The lowest BCUT2D eigenvalue weighted by molar-refractivity contribution is -0.134. The highest BCUT2D eigenvalue weighted by Crippen LogP contribution is 2.40. The molecule has 2 amide bonds. The van der Waals surface area contributed by atoms with Gasteiger partial charge in [0.05, 0.1) is 5.92 Å². The largest absolute Gasteiger partial charge is 0.369 e. The monoisotopic (exact) mass is 355 g/mol. The van der Waals surface area contributed by atoms with Crippen LogP contribution in [0.3, 0.4) is 0 Å². The molecule has 1 aromatic carbocycles. The molecule has 0 aromatic heterocycles. The van der Waals surface area contributed by atoms with Gasteiger partial charge in [-0.25, -0.2) is 0 Å². The second-order valence-corrected chi connectivity index (χ2v) is 8.20. The fraction of sp³-hybridized carbons (Fsp3) is 0.619. The molecule has 5 heteroatoms. The van der Waals surface area contributed by atoms with Crippen molar-refractivity contribution in [3.8, 4) is 0 Å². The zero-order chi connectivity index (χ0) is 18.1. The van der Waals surface area contributed by atoms with E-state index in [0.29, 0.717) is 24.8 Å². The molecule has 3 aliphatic rings. The van der Waals surface area contributed by atoms with Crippen molar-refractivity contribution in [3.05, 3.63) is 35.9 Å². The van der Waals surface area contributed by atoms with Crippen molar-refractivity contribution >= 4 is 11.8 Å². The van der Waals surface area contributed by atoms with E-state index in [1.54, 1.807) is 0 Å². The predicted octanol–water partition coefficient (Wildman–Crippen LogP) is 1.98. The summed E-state index contributed by atoms with van der Waals surface area (Å²) in [5.41, 5.74) is 6.90. The maximum atomic E-state index is 12.8. The van der Waals surface area contributed by atoms with Crippen molar-refractivity contribution in [2.75, 3.05) is 26.2 Å². The summed E-state index contributed by atoms with van der Waals surface area (Å²) in [6.07, 6.45) is 5.63. The lowest BCUT2D eigenvalue weighted by atomic mass is 9.83. The van der Waals surface area contributed by atoms with E-state index < -0.39 is 0 Å². The molecule has 0 bridgehead atoms. The maximum absolute atomic E-state index is 12.8. The minimum absolute atomic E-state index is 0.0794. The van der Waals surface area contributed by atoms with Crippen LogP contribution in [0.2, 0.25) is 0 Å². The van der Waals surface area contributed by atoms with Gasteiger partial charge in [0, 0.05) is 44.6 Å². The topological polar surface area (TPSA) is 66.6 Å². The van der Waals surface area contributed by atoms with Crippen LogP contribution in [-0.2, 0) is 9.59 Å². The Morgan fingerprint density at radius 2 is 1.77 bits per heavy atom. The van der Waals surface area contributed by atoms with E-state index in [1.807, 2.05) is 23.1 Å². The van der Waals surface area contributed by atoms with Crippen LogP contribution >= 0.6 is 0 Å². The molecule has 0 radical (unpaired) electrons. The average Bonchev–Trinajstić information content (AvgIpc) is 3.29. The van der Waals surface area contributed by atoms with Crippen molar-refractivity contribution in [3.63, 3.8) is 0 Å². The summed E-state index contributed by atoms with van der Waals surface area (Å²) in [5.74, 6) is 0.554. The number of piperazine rings is 1. The fourth-order valence-corrected chi connectivity index (χ4v) is 5.26. The molecule has 140 valence electrons. The van der Waals surface area contributed by atoms with Crippen LogP contribution in [0.4, 0.5) is 0 Å². The SMILES string of the molecule is NC(=O)[C@@H]1CN2CCN(C(=O)CC3CCCC3)C[C@@H]2[C@H]1c1ccccc1. The Labute approximate surface area is 155 Å². The molecule has 0 spiro atoms. The van der Waals surface area contributed by atoms with E-state index in [2.05, 4.69) is 17.0 Å². The van der Waals surface area contributed by atoms with Crippen LogP contribution in [0, 0.1) is 11.8 Å². The Bertz CT molecular complexity index is 656. The molecular weight excluding hydrogens is 326 g/mol.